The molecule has 0 N–H and O–H groups in total. The summed E-state index contributed by atoms with van der Waals surface area (Å²) in [7, 11) is 0. The average Bonchev–Trinajstić information content (AvgIpc) is 3.13. The van der Waals surface area contributed by atoms with Gasteiger partial charge in [-0.05, 0) is 35.4 Å². The van der Waals surface area contributed by atoms with E-state index in [0.717, 1.165) is 0 Å². The van der Waals surface area contributed by atoms with Crippen molar-refractivity contribution in [2.45, 2.75) is 27.7 Å². The summed E-state index contributed by atoms with van der Waals surface area (Å²) in [6.07, 6.45) is 0. The lowest BCUT2D eigenvalue weighted by atomic mass is 9.97. The first-order valence-corrected chi connectivity index (χ1v) is 8.36. The molecule has 0 unspecified atom stereocenters. The highest BCUT2D eigenvalue weighted by molar-refractivity contribution is 6.16. The van der Waals surface area contributed by atoms with Crippen LogP contribution in [0.25, 0.3) is 11.1 Å². The summed E-state index contributed by atoms with van der Waals surface area (Å²) in [6, 6.07) is 9.31. The molecule has 26 heavy (non-hydrogen) atoms. The molecule has 2 aromatic rings. The Morgan fingerprint density at radius 2 is 0.808 bits per heavy atom. The first-order chi connectivity index (χ1) is 12.5. The molecular weight excluding hydrogens is 336 g/mol. The van der Waals surface area contributed by atoms with Crippen LogP contribution < -0.4 is 0 Å². The summed E-state index contributed by atoms with van der Waals surface area (Å²) in [4.78, 5) is 46.0. The van der Waals surface area contributed by atoms with E-state index in [9.17, 15) is 19.2 Å². The molecule has 4 rings (SSSR count). The molecule has 0 aliphatic carbocycles. The van der Waals surface area contributed by atoms with Gasteiger partial charge in [0.05, 0.1) is 22.3 Å². The molecule has 0 fully saturated rings. The van der Waals surface area contributed by atoms with Gasteiger partial charge in [0, 0.05) is 0 Å². The molecule has 0 aromatic heterocycles. The highest BCUT2D eigenvalue weighted by atomic mass is 16.6. The Hall–Kier alpha value is -3.28. The third kappa shape index (κ3) is 3.13. The predicted octanol–water partition coefficient (Wildman–Crippen LogP) is 4.03. The van der Waals surface area contributed by atoms with Crippen molar-refractivity contribution in [3.8, 4) is 11.1 Å². The van der Waals surface area contributed by atoms with Gasteiger partial charge in [0.2, 0.25) is 0 Å². The maximum Gasteiger partial charge on any atom is 0.346 e. The zero-order valence-corrected chi connectivity index (χ0v) is 14.9. The Morgan fingerprint density at radius 1 is 0.500 bits per heavy atom. The standard InChI is InChI=1S/C16H6O6.2C2H6/c17-13-9-3-1-7(5-11(9)15(19)21-13)8-2-4-10-12(6-8)16(20)22-14(10)18;2*1-2/h1-6H;2*1-2H3. The fourth-order valence-electron chi connectivity index (χ4n) is 2.53. The minimum Gasteiger partial charge on any atom is -0.386 e. The van der Waals surface area contributed by atoms with E-state index in [1.54, 1.807) is 12.1 Å². The van der Waals surface area contributed by atoms with Gasteiger partial charge in [-0.2, -0.15) is 0 Å². The van der Waals surface area contributed by atoms with Crippen LogP contribution in [0.3, 0.4) is 0 Å². The van der Waals surface area contributed by atoms with E-state index in [-0.39, 0.29) is 22.3 Å². The van der Waals surface area contributed by atoms with Crippen LogP contribution in [0.5, 0.6) is 0 Å². The van der Waals surface area contributed by atoms with Crippen molar-refractivity contribution in [2.75, 3.05) is 0 Å². The van der Waals surface area contributed by atoms with Crippen LogP contribution in [0.1, 0.15) is 69.1 Å². The molecule has 6 nitrogen and oxygen atoms in total. The van der Waals surface area contributed by atoms with Crippen LogP contribution in [-0.2, 0) is 9.47 Å². The lowest BCUT2D eigenvalue weighted by molar-refractivity contribution is 0.0425. The lowest BCUT2D eigenvalue weighted by Gasteiger charge is -2.04. The first kappa shape index (κ1) is 19.1. The fourth-order valence-corrected chi connectivity index (χ4v) is 2.53. The van der Waals surface area contributed by atoms with E-state index in [2.05, 4.69) is 9.47 Å². The Balaban J connectivity index is 0.000000570. The number of hydrogen-bond donors (Lipinski definition) is 0. The molecular formula is C20H18O6. The molecule has 0 radical (unpaired) electrons. The van der Waals surface area contributed by atoms with Crippen molar-refractivity contribution in [3.05, 3.63) is 58.7 Å². The first-order valence-electron chi connectivity index (χ1n) is 8.36. The number of hydrogen-bond acceptors (Lipinski definition) is 6. The minimum absolute atomic E-state index is 0.182. The van der Waals surface area contributed by atoms with Gasteiger partial charge in [0.25, 0.3) is 0 Å². The smallest absolute Gasteiger partial charge is 0.346 e. The molecule has 0 atom stereocenters. The van der Waals surface area contributed by atoms with Crippen LogP contribution in [0.4, 0.5) is 0 Å². The quantitative estimate of drug-likeness (QED) is 0.568. The summed E-state index contributed by atoms with van der Waals surface area (Å²) < 4.78 is 9.06. The SMILES string of the molecule is CC.CC.O=C1OC(=O)c2cc(-c3ccc4c(c3)C(=O)OC4=O)ccc21. The van der Waals surface area contributed by atoms with Gasteiger partial charge in [0.1, 0.15) is 0 Å². The molecule has 0 spiro atoms. The van der Waals surface area contributed by atoms with Crippen molar-refractivity contribution < 1.29 is 28.7 Å². The lowest BCUT2D eigenvalue weighted by Crippen LogP contribution is -1.97. The molecule has 2 aliphatic rings. The highest BCUT2D eigenvalue weighted by Gasteiger charge is 2.31. The molecule has 2 aromatic carbocycles. The summed E-state index contributed by atoms with van der Waals surface area (Å²) in [5, 5.41) is 0. The minimum atomic E-state index is -0.697. The van der Waals surface area contributed by atoms with Gasteiger partial charge >= 0.3 is 23.9 Å². The Labute approximate surface area is 150 Å². The maximum atomic E-state index is 11.6. The van der Waals surface area contributed by atoms with Crippen LogP contribution in [0.2, 0.25) is 0 Å². The monoisotopic (exact) mass is 354 g/mol. The van der Waals surface area contributed by atoms with Gasteiger partial charge in [-0.15, -0.1) is 0 Å². The molecule has 0 saturated carbocycles. The molecule has 2 aliphatic heterocycles. The number of carbonyl (C=O) groups excluding carboxylic acids is 4. The zero-order chi connectivity index (χ0) is 19.4. The van der Waals surface area contributed by atoms with Crippen LogP contribution in [-0.4, -0.2) is 23.9 Å². The molecule has 0 amide bonds. The highest BCUT2D eigenvalue weighted by Crippen LogP contribution is 2.30. The number of benzene rings is 2. The Bertz CT molecular complexity index is 835. The van der Waals surface area contributed by atoms with Gasteiger partial charge < -0.3 is 9.47 Å². The number of cyclic esters (lactones) is 4. The van der Waals surface area contributed by atoms with E-state index in [1.807, 2.05) is 27.7 Å². The summed E-state index contributed by atoms with van der Waals surface area (Å²) in [5.41, 5.74) is 2.04. The molecule has 134 valence electrons. The molecule has 2 heterocycles. The third-order valence-electron chi connectivity index (χ3n) is 3.62. The molecule has 6 heteroatoms. The molecule has 0 saturated heterocycles. The van der Waals surface area contributed by atoms with Gasteiger partial charge in [-0.1, -0.05) is 39.8 Å². The third-order valence-corrected chi connectivity index (χ3v) is 3.62. The fraction of sp³-hybridized carbons (Fsp3) is 0.200. The normalized spacial score (nSPS) is 13.5. The summed E-state index contributed by atoms with van der Waals surface area (Å²) in [6.45, 7) is 8.00. The second-order valence-electron chi connectivity index (χ2n) is 4.87. The average molecular weight is 354 g/mol. The second kappa shape index (κ2) is 7.74. The van der Waals surface area contributed by atoms with Crippen molar-refractivity contribution in [2.24, 2.45) is 0 Å². The largest absolute Gasteiger partial charge is 0.386 e. The summed E-state index contributed by atoms with van der Waals surface area (Å²) in [5.74, 6) is -2.74. The summed E-state index contributed by atoms with van der Waals surface area (Å²) >= 11 is 0. The van der Waals surface area contributed by atoms with E-state index in [1.165, 1.54) is 24.3 Å². The van der Waals surface area contributed by atoms with Gasteiger partial charge in [-0.25, -0.2) is 19.2 Å². The number of rotatable bonds is 1. The maximum absolute atomic E-state index is 11.6. The van der Waals surface area contributed by atoms with E-state index in [0.29, 0.717) is 11.1 Å². The van der Waals surface area contributed by atoms with Crippen molar-refractivity contribution in [1.82, 2.24) is 0 Å². The number of esters is 4. The number of carbonyl (C=O) groups is 4. The van der Waals surface area contributed by atoms with Crippen LogP contribution in [0.15, 0.2) is 36.4 Å². The van der Waals surface area contributed by atoms with Crippen molar-refractivity contribution in [1.29, 1.82) is 0 Å². The Morgan fingerprint density at radius 3 is 1.15 bits per heavy atom. The second-order valence-corrected chi connectivity index (χ2v) is 4.87. The van der Waals surface area contributed by atoms with Crippen molar-refractivity contribution >= 4 is 23.9 Å². The van der Waals surface area contributed by atoms with E-state index in [4.69, 9.17) is 0 Å². The van der Waals surface area contributed by atoms with E-state index >= 15 is 0 Å². The van der Waals surface area contributed by atoms with Crippen LogP contribution >= 0.6 is 0 Å². The Kier molecular flexibility index (Phi) is 5.67. The predicted molar refractivity (Wildman–Crippen MR) is 94.1 cm³/mol. The van der Waals surface area contributed by atoms with Gasteiger partial charge in [-0.3, -0.25) is 0 Å². The zero-order valence-electron chi connectivity index (χ0n) is 14.9. The van der Waals surface area contributed by atoms with Crippen molar-refractivity contribution in [3.63, 3.8) is 0 Å². The van der Waals surface area contributed by atoms with Gasteiger partial charge in [0.15, 0.2) is 0 Å². The van der Waals surface area contributed by atoms with Crippen LogP contribution in [0, 0.1) is 0 Å². The topological polar surface area (TPSA) is 86.7 Å². The number of fused-ring (bicyclic) bond motifs is 2. The number of ether oxygens (including phenoxy) is 2. The van der Waals surface area contributed by atoms with E-state index < -0.39 is 23.9 Å². The molecule has 0 bridgehead atoms.